The number of rotatable bonds is 4. The molecule has 0 aliphatic heterocycles. The fourth-order valence-corrected chi connectivity index (χ4v) is 2.24. The van der Waals surface area contributed by atoms with Crippen LogP contribution < -0.4 is 5.32 Å². The molecule has 0 fully saturated rings. The van der Waals surface area contributed by atoms with Gasteiger partial charge >= 0.3 is 0 Å². The summed E-state index contributed by atoms with van der Waals surface area (Å²) < 4.78 is 54.1. The Balaban J connectivity index is 1.65. The van der Waals surface area contributed by atoms with E-state index in [1.807, 2.05) is 0 Å². The Hall–Kier alpha value is -2.90. The van der Waals surface area contributed by atoms with Crippen molar-refractivity contribution in [1.29, 1.82) is 0 Å². The lowest BCUT2D eigenvalue weighted by molar-refractivity contribution is 0.0948. The second-order valence-electron chi connectivity index (χ2n) is 5.07. The Kier molecular flexibility index (Phi) is 4.20. The molecule has 0 spiro atoms. The largest absolute Gasteiger partial charge is 0.352 e. The molecule has 1 amide bonds. The third-order valence-electron chi connectivity index (χ3n) is 3.41. The van der Waals surface area contributed by atoms with Crippen molar-refractivity contribution in [2.24, 2.45) is 0 Å². The number of pyridine rings is 1. The zero-order chi connectivity index (χ0) is 17.3. The van der Waals surface area contributed by atoms with E-state index in [-0.39, 0.29) is 6.54 Å². The van der Waals surface area contributed by atoms with Crippen molar-refractivity contribution in [3.8, 4) is 0 Å². The van der Waals surface area contributed by atoms with Crippen molar-refractivity contribution in [2.45, 2.75) is 6.42 Å². The summed E-state index contributed by atoms with van der Waals surface area (Å²) >= 11 is 0. The number of fused-ring (bicyclic) bond motifs is 1. The summed E-state index contributed by atoms with van der Waals surface area (Å²) in [7, 11) is 0. The fourth-order valence-electron chi connectivity index (χ4n) is 2.24. The molecule has 0 saturated heterocycles. The van der Waals surface area contributed by atoms with Crippen molar-refractivity contribution in [1.82, 2.24) is 14.7 Å². The number of halogens is 4. The van der Waals surface area contributed by atoms with Crippen molar-refractivity contribution < 1.29 is 22.4 Å². The van der Waals surface area contributed by atoms with E-state index in [1.54, 1.807) is 6.20 Å². The van der Waals surface area contributed by atoms with Crippen LogP contribution in [0.1, 0.15) is 16.1 Å². The SMILES string of the molecule is O=C(NCCc1cn2cc(F)ccc2n1)c1ccc(F)c(F)c1F. The zero-order valence-corrected chi connectivity index (χ0v) is 12.2. The predicted octanol–water partition coefficient (Wildman–Crippen LogP) is 2.86. The van der Waals surface area contributed by atoms with Crippen LogP contribution in [0.2, 0.25) is 0 Å². The molecule has 0 atom stereocenters. The third-order valence-corrected chi connectivity index (χ3v) is 3.41. The highest BCUT2D eigenvalue weighted by atomic mass is 19.2. The summed E-state index contributed by atoms with van der Waals surface area (Å²) in [5.41, 5.74) is 0.557. The van der Waals surface area contributed by atoms with Crippen molar-refractivity contribution >= 4 is 11.6 Å². The highest BCUT2D eigenvalue weighted by Crippen LogP contribution is 2.15. The number of aromatic nitrogens is 2. The lowest BCUT2D eigenvalue weighted by atomic mass is 10.2. The molecule has 8 heteroatoms. The number of amides is 1. The minimum atomic E-state index is -1.69. The van der Waals surface area contributed by atoms with E-state index in [4.69, 9.17) is 0 Å². The molecule has 2 aromatic heterocycles. The number of hydrogen-bond donors (Lipinski definition) is 1. The summed E-state index contributed by atoms with van der Waals surface area (Å²) in [6.45, 7) is 0.101. The lowest BCUT2D eigenvalue weighted by Gasteiger charge is -2.06. The van der Waals surface area contributed by atoms with E-state index in [9.17, 15) is 22.4 Å². The quantitative estimate of drug-likeness (QED) is 0.588. The van der Waals surface area contributed by atoms with Gasteiger partial charge in [-0.15, -0.1) is 0 Å². The molecular weight excluding hydrogens is 326 g/mol. The second-order valence-corrected chi connectivity index (χ2v) is 5.07. The molecule has 3 rings (SSSR count). The maximum Gasteiger partial charge on any atom is 0.254 e. The van der Waals surface area contributed by atoms with E-state index in [0.717, 1.165) is 6.07 Å². The van der Waals surface area contributed by atoms with Crippen LogP contribution in [0, 0.1) is 23.3 Å². The van der Waals surface area contributed by atoms with Gasteiger partial charge in [-0.05, 0) is 24.3 Å². The highest BCUT2D eigenvalue weighted by molar-refractivity contribution is 5.94. The maximum atomic E-state index is 13.5. The molecule has 0 aliphatic carbocycles. The van der Waals surface area contributed by atoms with Gasteiger partial charge in [-0.25, -0.2) is 22.5 Å². The summed E-state index contributed by atoms with van der Waals surface area (Å²) in [5, 5.41) is 2.40. The Morgan fingerprint density at radius 2 is 1.83 bits per heavy atom. The van der Waals surface area contributed by atoms with Crippen LogP contribution in [0.25, 0.3) is 5.65 Å². The maximum absolute atomic E-state index is 13.5. The molecule has 0 saturated carbocycles. The van der Waals surface area contributed by atoms with E-state index in [1.165, 1.54) is 22.7 Å². The number of imidazole rings is 1. The Morgan fingerprint density at radius 1 is 1.04 bits per heavy atom. The summed E-state index contributed by atoms with van der Waals surface area (Å²) in [5.74, 6) is -5.85. The molecule has 124 valence electrons. The average Bonchev–Trinajstić information content (AvgIpc) is 2.94. The molecule has 0 radical (unpaired) electrons. The van der Waals surface area contributed by atoms with Crippen LogP contribution in [0.5, 0.6) is 0 Å². The second kappa shape index (κ2) is 6.31. The van der Waals surface area contributed by atoms with Gasteiger partial charge < -0.3 is 9.72 Å². The molecule has 2 heterocycles. The van der Waals surface area contributed by atoms with Crippen molar-refractivity contribution in [3.05, 3.63) is 71.2 Å². The van der Waals surface area contributed by atoms with Crippen LogP contribution in [0.4, 0.5) is 17.6 Å². The smallest absolute Gasteiger partial charge is 0.254 e. The van der Waals surface area contributed by atoms with E-state index >= 15 is 0 Å². The third kappa shape index (κ3) is 3.08. The molecule has 4 nitrogen and oxygen atoms in total. The van der Waals surface area contributed by atoms with Crippen LogP contribution in [-0.4, -0.2) is 21.8 Å². The van der Waals surface area contributed by atoms with Gasteiger partial charge in [-0.1, -0.05) is 0 Å². The average molecular weight is 337 g/mol. The van der Waals surface area contributed by atoms with Gasteiger partial charge in [-0.2, -0.15) is 0 Å². The minimum Gasteiger partial charge on any atom is -0.352 e. The van der Waals surface area contributed by atoms with Gasteiger partial charge in [0.25, 0.3) is 5.91 Å². The summed E-state index contributed by atoms with van der Waals surface area (Å²) in [4.78, 5) is 16.0. The van der Waals surface area contributed by atoms with Gasteiger partial charge in [-0.3, -0.25) is 4.79 Å². The molecule has 0 bridgehead atoms. The summed E-state index contributed by atoms with van der Waals surface area (Å²) in [6, 6.07) is 4.34. The molecule has 1 N–H and O–H groups in total. The Labute approximate surface area is 133 Å². The molecular formula is C16H11F4N3O. The van der Waals surface area contributed by atoms with Crippen LogP contribution in [-0.2, 0) is 6.42 Å². The molecule has 0 unspecified atom stereocenters. The Bertz CT molecular complexity index is 923. The zero-order valence-electron chi connectivity index (χ0n) is 12.2. The first-order valence-corrected chi connectivity index (χ1v) is 7.00. The van der Waals surface area contributed by atoms with Crippen LogP contribution >= 0.6 is 0 Å². The minimum absolute atomic E-state index is 0.101. The van der Waals surface area contributed by atoms with Gasteiger partial charge in [0.15, 0.2) is 17.5 Å². The number of benzene rings is 1. The van der Waals surface area contributed by atoms with Gasteiger partial charge in [0.2, 0.25) is 0 Å². The normalized spacial score (nSPS) is 11.0. The fraction of sp³-hybridized carbons (Fsp3) is 0.125. The first kappa shape index (κ1) is 16.0. The topological polar surface area (TPSA) is 46.4 Å². The summed E-state index contributed by atoms with van der Waals surface area (Å²) in [6.07, 6.45) is 3.17. The van der Waals surface area contributed by atoms with Gasteiger partial charge in [0, 0.05) is 25.4 Å². The van der Waals surface area contributed by atoms with Gasteiger partial charge in [0.1, 0.15) is 11.5 Å². The highest BCUT2D eigenvalue weighted by Gasteiger charge is 2.18. The molecule has 0 aliphatic rings. The molecule has 3 aromatic rings. The first-order chi connectivity index (χ1) is 11.5. The first-order valence-electron chi connectivity index (χ1n) is 7.00. The molecule has 1 aromatic carbocycles. The number of nitrogens with zero attached hydrogens (tertiary/aromatic N) is 2. The van der Waals surface area contributed by atoms with Crippen molar-refractivity contribution in [2.75, 3.05) is 6.54 Å². The number of nitrogens with one attached hydrogen (secondary N) is 1. The number of hydrogen-bond acceptors (Lipinski definition) is 2. The number of carbonyl (C=O) groups is 1. The number of carbonyl (C=O) groups excluding carboxylic acids is 1. The van der Waals surface area contributed by atoms with E-state index in [0.29, 0.717) is 23.8 Å². The predicted molar refractivity (Wildman–Crippen MR) is 77.5 cm³/mol. The van der Waals surface area contributed by atoms with Crippen LogP contribution in [0.3, 0.4) is 0 Å². The lowest BCUT2D eigenvalue weighted by Crippen LogP contribution is -2.27. The Morgan fingerprint density at radius 3 is 2.62 bits per heavy atom. The molecule has 24 heavy (non-hydrogen) atoms. The van der Waals surface area contributed by atoms with E-state index in [2.05, 4.69) is 10.3 Å². The van der Waals surface area contributed by atoms with Crippen molar-refractivity contribution in [3.63, 3.8) is 0 Å². The van der Waals surface area contributed by atoms with E-state index < -0.39 is 34.7 Å². The van der Waals surface area contributed by atoms with Gasteiger partial charge in [0.05, 0.1) is 11.3 Å². The monoisotopic (exact) mass is 337 g/mol. The van der Waals surface area contributed by atoms with Crippen LogP contribution in [0.15, 0.2) is 36.7 Å². The standard InChI is InChI=1S/C16H11F4N3O/c17-9-1-4-13-22-10(8-23(13)7-9)5-6-21-16(24)11-2-3-12(18)15(20)14(11)19/h1-4,7-8H,5-6H2,(H,21,24).